The molecular weight excluding hydrogens is 644 g/mol. The van der Waals surface area contributed by atoms with Gasteiger partial charge >= 0.3 is 6.09 Å². The molecule has 1 rings (SSSR count). The monoisotopic (exact) mass is 708 g/mol. The summed E-state index contributed by atoms with van der Waals surface area (Å²) in [5.74, 6) is -1.36. The fourth-order valence-electron chi connectivity index (χ4n) is 5.40. The number of ether oxygens (including phenoxy) is 2. The van der Waals surface area contributed by atoms with Crippen LogP contribution < -0.4 is 21.3 Å². The van der Waals surface area contributed by atoms with Gasteiger partial charge in [-0.25, -0.2) is 4.79 Å². The van der Waals surface area contributed by atoms with E-state index in [9.17, 15) is 24.3 Å². The van der Waals surface area contributed by atoms with E-state index in [1.807, 2.05) is 85.1 Å². The second-order valence-electron chi connectivity index (χ2n) is 15.5. The number of nitrogens with one attached hydrogen (secondary N) is 4. The molecule has 11 nitrogen and oxygen atoms in total. The Bertz CT molecular complexity index is 1170. The zero-order valence-corrected chi connectivity index (χ0v) is 32.7. The van der Waals surface area contributed by atoms with E-state index in [2.05, 4.69) is 21.3 Å². The molecule has 0 aliphatic carbocycles. The molecule has 0 unspecified atom stereocenters. The Hall–Kier alpha value is -2.83. The number of hydrogen-bond donors (Lipinski definition) is 5. The lowest BCUT2D eigenvalue weighted by Gasteiger charge is -2.35. The van der Waals surface area contributed by atoms with Gasteiger partial charge in [0.1, 0.15) is 17.7 Å². The summed E-state index contributed by atoms with van der Waals surface area (Å²) >= 11 is 1.57. The summed E-state index contributed by atoms with van der Waals surface area (Å²) in [4.78, 5) is 53.5. The standard InChI is InChI=1S/C37H64N4O7S/c1-23(2)20-27(21-29(42)31(25(5)47-36(6,7)8)41-35(46)48-37(9,10)11)32(43)40-30(24(3)4)34(45)39-28(18-19-49-12)33(44)38-22-26-16-14-13-15-17-26/h13-17,23-25,27-31,42H,18-22H2,1-12H3,(H,38,44)(H,39,45)(H,40,43)(H,41,46)/t25-,27-,28+,29-,30+,31+/m1/s1. The summed E-state index contributed by atoms with van der Waals surface area (Å²) < 4.78 is 11.6. The minimum atomic E-state index is -1.17. The highest BCUT2D eigenvalue weighted by molar-refractivity contribution is 7.98. The first-order valence-corrected chi connectivity index (χ1v) is 18.8. The van der Waals surface area contributed by atoms with Crippen molar-refractivity contribution in [1.82, 2.24) is 21.3 Å². The van der Waals surface area contributed by atoms with Gasteiger partial charge in [0.05, 0.1) is 23.9 Å². The van der Waals surface area contributed by atoms with Crippen LogP contribution in [0.25, 0.3) is 0 Å². The van der Waals surface area contributed by atoms with Crippen molar-refractivity contribution in [3.63, 3.8) is 0 Å². The number of alkyl carbamates (subject to hydrolysis) is 1. The molecule has 1 aromatic rings. The van der Waals surface area contributed by atoms with Crippen LogP contribution >= 0.6 is 11.8 Å². The van der Waals surface area contributed by atoms with Gasteiger partial charge in [-0.15, -0.1) is 0 Å². The van der Waals surface area contributed by atoms with Crippen LogP contribution in [-0.2, 0) is 30.4 Å². The summed E-state index contributed by atoms with van der Waals surface area (Å²) in [7, 11) is 0. The number of carbonyl (C=O) groups excluding carboxylic acids is 4. The molecule has 0 bridgehead atoms. The normalized spacial score (nSPS) is 15.8. The number of amides is 4. The van der Waals surface area contributed by atoms with Crippen LogP contribution in [0.2, 0.25) is 0 Å². The quantitative estimate of drug-likeness (QED) is 0.132. The van der Waals surface area contributed by atoms with E-state index in [0.29, 0.717) is 25.1 Å². The molecule has 12 heteroatoms. The molecule has 0 saturated carbocycles. The predicted octanol–water partition coefficient (Wildman–Crippen LogP) is 5.19. The smallest absolute Gasteiger partial charge is 0.408 e. The summed E-state index contributed by atoms with van der Waals surface area (Å²) in [6, 6.07) is 6.95. The second-order valence-corrected chi connectivity index (χ2v) is 16.5. The average Bonchev–Trinajstić information content (AvgIpc) is 2.97. The Kier molecular flexibility index (Phi) is 18.7. The van der Waals surface area contributed by atoms with E-state index in [-0.39, 0.29) is 24.2 Å². The molecule has 49 heavy (non-hydrogen) atoms. The molecule has 0 fully saturated rings. The average molecular weight is 709 g/mol. The summed E-state index contributed by atoms with van der Waals surface area (Å²) in [5, 5.41) is 23.0. The minimum absolute atomic E-state index is 0.00694. The molecule has 0 aromatic heterocycles. The molecule has 4 amide bonds. The number of aliphatic hydroxyl groups excluding tert-OH is 1. The third-order valence-corrected chi connectivity index (χ3v) is 8.24. The van der Waals surface area contributed by atoms with Gasteiger partial charge in [0.2, 0.25) is 17.7 Å². The molecule has 0 spiro atoms. The van der Waals surface area contributed by atoms with Gasteiger partial charge in [-0.05, 0) is 97.1 Å². The lowest BCUT2D eigenvalue weighted by atomic mass is 9.87. The van der Waals surface area contributed by atoms with Crippen molar-refractivity contribution in [2.45, 2.75) is 144 Å². The topological polar surface area (TPSA) is 155 Å². The maximum Gasteiger partial charge on any atom is 0.408 e. The van der Waals surface area contributed by atoms with Gasteiger partial charge in [0, 0.05) is 12.5 Å². The lowest BCUT2D eigenvalue weighted by molar-refractivity contribution is -0.135. The van der Waals surface area contributed by atoms with Crippen molar-refractivity contribution in [3.8, 4) is 0 Å². The van der Waals surface area contributed by atoms with Crippen LogP contribution in [0.4, 0.5) is 4.79 Å². The summed E-state index contributed by atoms with van der Waals surface area (Å²) in [6.07, 6.45) is 0.306. The number of hydrogen-bond acceptors (Lipinski definition) is 8. The van der Waals surface area contributed by atoms with Gasteiger partial charge in [-0.2, -0.15) is 11.8 Å². The Labute approximate surface area is 299 Å². The molecule has 0 heterocycles. The Morgan fingerprint density at radius 3 is 1.94 bits per heavy atom. The third kappa shape index (κ3) is 18.1. The number of rotatable bonds is 19. The predicted molar refractivity (Wildman–Crippen MR) is 197 cm³/mol. The van der Waals surface area contributed by atoms with Gasteiger partial charge in [0.15, 0.2) is 0 Å². The second kappa shape index (κ2) is 20.7. The van der Waals surface area contributed by atoms with Crippen LogP contribution in [0.5, 0.6) is 0 Å². The molecule has 1 aromatic carbocycles. The van der Waals surface area contributed by atoms with Crippen LogP contribution in [0.1, 0.15) is 101 Å². The fraction of sp³-hybridized carbons (Fsp3) is 0.730. The fourth-order valence-corrected chi connectivity index (χ4v) is 5.87. The van der Waals surface area contributed by atoms with Gasteiger partial charge in [-0.3, -0.25) is 14.4 Å². The zero-order chi connectivity index (χ0) is 37.5. The van der Waals surface area contributed by atoms with Crippen molar-refractivity contribution in [1.29, 1.82) is 0 Å². The summed E-state index contributed by atoms with van der Waals surface area (Å²) in [6.45, 7) is 20.6. The van der Waals surface area contributed by atoms with Crippen molar-refractivity contribution >= 4 is 35.6 Å². The number of thioether (sulfide) groups is 1. The molecule has 6 atom stereocenters. The Morgan fingerprint density at radius 1 is 0.816 bits per heavy atom. The zero-order valence-electron chi connectivity index (χ0n) is 31.8. The third-order valence-electron chi connectivity index (χ3n) is 7.60. The lowest BCUT2D eigenvalue weighted by Crippen LogP contribution is -2.57. The number of aliphatic hydroxyl groups is 1. The van der Waals surface area contributed by atoms with Crippen LogP contribution in [0.15, 0.2) is 30.3 Å². The van der Waals surface area contributed by atoms with Crippen molar-refractivity contribution in [2.24, 2.45) is 17.8 Å². The van der Waals surface area contributed by atoms with Gasteiger partial charge in [0.25, 0.3) is 0 Å². The maximum atomic E-state index is 13.9. The molecule has 5 N–H and O–H groups in total. The van der Waals surface area contributed by atoms with E-state index in [4.69, 9.17) is 9.47 Å². The van der Waals surface area contributed by atoms with Crippen LogP contribution in [0, 0.1) is 17.8 Å². The Morgan fingerprint density at radius 2 is 1.43 bits per heavy atom. The highest BCUT2D eigenvalue weighted by Gasteiger charge is 2.37. The van der Waals surface area contributed by atoms with E-state index >= 15 is 0 Å². The SMILES string of the molecule is CSCC[C@H](NC(=O)[C@@H](NC(=O)[C@H](CC(C)C)C[C@@H](O)[C@@H](NC(=O)OC(C)(C)C)[C@@H](C)OC(C)(C)C)C(C)C)C(=O)NCc1ccccc1. The molecule has 280 valence electrons. The van der Waals surface area contributed by atoms with Gasteiger partial charge in [-0.1, -0.05) is 58.0 Å². The highest BCUT2D eigenvalue weighted by Crippen LogP contribution is 2.24. The summed E-state index contributed by atoms with van der Waals surface area (Å²) in [5.41, 5.74) is -0.373. The van der Waals surface area contributed by atoms with E-state index in [1.54, 1.807) is 39.5 Å². The van der Waals surface area contributed by atoms with Crippen molar-refractivity contribution in [3.05, 3.63) is 35.9 Å². The first kappa shape index (κ1) is 44.2. The van der Waals surface area contributed by atoms with Crippen molar-refractivity contribution < 1.29 is 33.8 Å². The van der Waals surface area contributed by atoms with E-state index in [0.717, 1.165) is 5.56 Å². The van der Waals surface area contributed by atoms with E-state index < -0.39 is 65.4 Å². The van der Waals surface area contributed by atoms with Crippen LogP contribution in [-0.4, -0.2) is 82.5 Å². The maximum absolute atomic E-state index is 13.9. The van der Waals surface area contributed by atoms with E-state index in [1.165, 1.54) is 0 Å². The molecular formula is C37H64N4O7S. The van der Waals surface area contributed by atoms with Crippen LogP contribution in [0.3, 0.4) is 0 Å². The molecule has 0 radical (unpaired) electrons. The molecule has 0 aliphatic heterocycles. The number of carbonyl (C=O) groups is 4. The first-order chi connectivity index (χ1) is 22.6. The number of benzene rings is 1. The molecule has 0 aliphatic rings. The van der Waals surface area contributed by atoms with Crippen molar-refractivity contribution in [2.75, 3.05) is 12.0 Å². The molecule has 0 saturated heterocycles. The largest absolute Gasteiger partial charge is 0.444 e. The van der Waals surface area contributed by atoms with Gasteiger partial charge < -0.3 is 35.8 Å². The minimum Gasteiger partial charge on any atom is -0.444 e. The highest BCUT2D eigenvalue weighted by atomic mass is 32.2. The first-order valence-electron chi connectivity index (χ1n) is 17.4. The Balaban J connectivity index is 3.18.